The van der Waals surface area contributed by atoms with Crippen molar-refractivity contribution in [3.63, 3.8) is 0 Å². The van der Waals surface area contributed by atoms with Crippen LogP contribution in [0.4, 0.5) is 5.82 Å². The lowest BCUT2D eigenvalue weighted by atomic mass is 10.0. The summed E-state index contributed by atoms with van der Waals surface area (Å²) in [5.41, 5.74) is 1.06. The van der Waals surface area contributed by atoms with Crippen LogP contribution in [0.5, 0.6) is 0 Å². The third kappa shape index (κ3) is 5.31. The zero-order valence-corrected chi connectivity index (χ0v) is 20.6. The molecule has 1 aromatic rings. The largest absolute Gasteiger partial charge is 0.481 e. The molecule has 1 amide bonds. The van der Waals surface area contributed by atoms with E-state index in [1.165, 1.54) is 16.7 Å². The second-order valence-electron chi connectivity index (χ2n) is 8.18. The van der Waals surface area contributed by atoms with E-state index < -0.39 is 5.97 Å². The van der Waals surface area contributed by atoms with Gasteiger partial charge in [-0.05, 0) is 50.7 Å². The number of carboxylic acids is 1. The summed E-state index contributed by atoms with van der Waals surface area (Å²) in [6.07, 6.45) is 5.93. The average Bonchev–Trinajstić information content (AvgIpc) is 3.05. The van der Waals surface area contributed by atoms with Gasteiger partial charge in [-0.1, -0.05) is 30.9 Å². The van der Waals surface area contributed by atoms with E-state index in [1.54, 1.807) is 17.6 Å². The van der Waals surface area contributed by atoms with E-state index in [1.807, 2.05) is 6.92 Å². The standard InChI is InChI=1S/C23H28N4O4S2/c1-3-9-26-20(25-10-5-4-6-11-25)16(15(2)17(14-24)21(26)30)13-18-22(31)27(23(32)33-18)12-7-8-19(28)29/h13H,3-12H2,1-2H3,(H,28,29). The molecule has 10 heteroatoms. The molecule has 2 aliphatic heterocycles. The first-order valence-corrected chi connectivity index (χ1v) is 12.4. The van der Waals surface area contributed by atoms with Crippen molar-refractivity contribution >= 4 is 52.1 Å². The minimum atomic E-state index is -0.917. The molecule has 8 nitrogen and oxygen atoms in total. The second-order valence-corrected chi connectivity index (χ2v) is 9.86. The molecule has 1 N–H and O–H groups in total. The molecule has 0 saturated carbocycles. The maximum Gasteiger partial charge on any atom is 0.303 e. The Hall–Kier alpha value is -2.64. The SMILES string of the molecule is CCCn1c(N2CCCCC2)c(C=C2SC(=S)N(CCCC(=O)O)C2=O)c(C)c(C#N)c1=O. The van der Waals surface area contributed by atoms with Crippen molar-refractivity contribution < 1.29 is 14.7 Å². The number of carboxylic acid groups (broad SMARTS) is 1. The third-order valence-corrected chi connectivity index (χ3v) is 7.25. The number of hydrogen-bond donors (Lipinski definition) is 1. The summed E-state index contributed by atoms with van der Waals surface area (Å²) < 4.78 is 2.06. The van der Waals surface area contributed by atoms with Crippen LogP contribution in [0.1, 0.15) is 62.1 Å². The fraction of sp³-hybridized carbons (Fsp3) is 0.522. The highest BCUT2D eigenvalue weighted by Crippen LogP contribution is 2.36. The molecule has 0 unspecified atom stereocenters. The normalized spacial score (nSPS) is 17.7. The highest BCUT2D eigenvalue weighted by atomic mass is 32.2. The van der Waals surface area contributed by atoms with E-state index in [4.69, 9.17) is 17.3 Å². The van der Waals surface area contributed by atoms with Crippen LogP contribution in [0.15, 0.2) is 9.70 Å². The van der Waals surface area contributed by atoms with Gasteiger partial charge in [-0.2, -0.15) is 5.26 Å². The molecule has 2 saturated heterocycles. The van der Waals surface area contributed by atoms with Crippen molar-refractivity contribution in [1.82, 2.24) is 9.47 Å². The molecule has 2 fully saturated rings. The Morgan fingerprint density at radius 2 is 1.94 bits per heavy atom. The van der Waals surface area contributed by atoms with Gasteiger partial charge in [0, 0.05) is 38.2 Å². The van der Waals surface area contributed by atoms with Crippen molar-refractivity contribution in [2.45, 2.75) is 58.9 Å². The summed E-state index contributed by atoms with van der Waals surface area (Å²) in [7, 11) is 0. The molecule has 2 aliphatic rings. The highest BCUT2D eigenvalue weighted by Gasteiger charge is 2.33. The minimum Gasteiger partial charge on any atom is -0.481 e. The molecule has 3 rings (SSSR count). The number of aliphatic carboxylic acids is 1. The van der Waals surface area contributed by atoms with Crippen molar-refractivity contribution in [1.29, 1.82) is 5.26 Å². The number of aromatic nitrogens is 1. The van der Waals surface area contributed by atoms with Crippen molar-refractivity contribution in [2.24, 2.45) is 0 Å². The van der Waals surface area contributed by atoms with Gasteiger partial charge < -0.3 is 10.0 Å². The maximum absolute atomic E-state index is 13.1. The number of nitriles is 1. The van der Waals surface area contributed by atoms with E-state index in [0.717, 1.165) is 44.6 Å². The van der Waals surface area contributed by atoms with E-state index in [0.29, 0.717) is 33.3 Å². The van der Waals surface area contributed by atoms with E-state index in [2.05, 4.69) is 11.0 Å². The number of hydrogen-bond acceptors (Lipinski definition) is 7. The van der Waals surface area contributed by atoms with Gasteiger partial charge in [-0.15, -0.1) is 0 Å². The van der Waals surface area contributed by atoms with Crippen molar-refractivity contribution in [3.8, 4) is 6.07 Å². The number of piperidine rings is 1. The Labute approximate surface area is 202 Å². The minimum absolute atomic E-state index is 0.0398. The Morgan fingerprint density at radius 3 is 2.55 bits per heavy atom. The first-order valence-electron chi connectivity index (χ1n) is 11.2. The van der Waals surface area contributed by atoms with Gasteiger partial charge in [-0.3, -0.25) is 23.9 Å². The number of carbonyl (C=O) groups excluding carboxylic acids is 1. The molecule has 0 atom stereocenters. The summed E-state index contributed by atoms with van der Waals surface area (Å²) in [5, 5.41) is 18.6. The number of carbonyl (C=O) groups is 2. The Morgan fingerprint density at radius 1 is 1.24 bits per heavy atom. The molecular formula is C23H28N4O4S2. The van der Waals surface area contributed by atoms with Crippen LogP contribution < -0.4 is 10.5 Å². The second kappa shape index (κ2) is 11.0. The van der Waals surface area contributed by atoms with Crippen molar-refractivity contribution in [2.75, 3.05) is 24.5 Å². The maximum atomic E-state index is 13.1. The lowest BCUT2D eigenvalue weighted by Crippen LogP contribution is -2.37. The van der Waals surface area contributed by atoms with E-state index in [-0.39, 0.29) is 30.0 Å². The quantitative estimate of drug-likeness (QED) is 0.438. The zero-order chi connectivity index (χ0) is 24.1. The van der Waals surface area contributed by atoms with Crippen LogP contribution in [-0.2, 0) is 16.1 Å². The monoisotopic (exact) mass is 488 g/mol. The molecular weight excluding hydrogens is 460 g/mol. The molecule has 0 aliphatic carbocycles. The van der Waals surface area contributed by atoms with Crippen LogP contribution >= 0.6 is 24.0 Å². The summed E-state index contributed by atoms with van der Waals surface area (Å²) in [5.74, 6) is -0.430. The molecule has 1 aromatic heterocycles. The fourth-order valence-corrected chi connectivity index (χ4v) is 5.52. The summed E-state index contributed by atoms with van der Waals surface area (Å²) >= 11 is 6.55. The van der Waals surface area contributed by atoms with Gasteiger partial charge in [0.25, 0.3) is 11.5 Å². The molecule has 0 spiro atoms. The number of nitrogens with zero attached hydrogens (tertiary/aromatic N) is 4. The van der Waals surface area contributed by atoms with Gasteiger partial charge >= 0.3 is 5.97 Å². The number of thiocarbonyl (C=S) groups is 1. The zero-order valence-electron chi connectivity index (χ0n) is 18.9. The number of thioether (sulfide) groups is 1. The molecule has 0 radical (unpaired) electrons. The number of rotatable bonds is 8. The Balaban J connectivity index is 2.10. The lowest BCUT2D eigenvalue weighted by Gasteiger charge is -2.33. The molecule has 3 heterocycles. The van der Waals surface area contributed by atoms with Gasteiger partial charge in [0.05, 0.1) is 4.91 Å². The highest BCUT2D eigenvalue weighted by molar-refractivity contribution is 8.26. The Bertz CT molecular complexity index is 1100. The first-order chi connectivity index (χ1) is 15.8. The topological polar surface area (TPSA) is 107 Å². The van der Waals surface area contributed by atoms with Gasteiger partial charge in [0.15, 0.2) is 0 Å². The van der Waals surface area contributed by atoms with Crippen LogP contribution in [0.3, 0.4) is 0 Å². The van der Waals surface area contributed by atoms with E-state index in [9.17, 15) is 19.6 Å². The Kier molecular flexibility index (Phi) is 8.32. The van der Waals surface area contributed by atoms with Crippen LogP contribution in [0.2, 0.25) is 0 Å². The summed E-state index contributed by atoms with van der Waals surface area (Å²) in [6, 6.07) is 2.06. The smallest absolute Gasteiger partial charge is 0.303 e. The molecule has 0 aromatic carbocycles. The van der Waals surface area contributed by atoms with Crippen molar-refractivity contribution in [3.05, 3.63) is 31.9 Å². The predicted octanol–water partition coefficient (Wildman–Crippen LogP) is 3.49. The summed E-state index contributed by atoms with van der Waals surface area (Å²) in [4.78, 5) is 41.1. The first kappa shape index (κ1) is 25.0. The van der Waals surface area contributed by atoms with Gasteiger partial charge in [-0.25, -0.2) is 0 Å². The summed E-state index contributed by atoms with van der Waals surface area (Å²) in [6.45, 7) is 6.09. The van der Waals surface area contributed by atoms with E-state index >= 15 is 0 Å². The molecule has 33 heavy (non-hydrogen) atoms. The van der Waals surface area contributed by atoms with Crippen LogP contribution in [-0.4, -0.2) is 50.4 Å². The number of pyridine rings is 1. The predicted molar refractivity (Wildman–Crippen MR) is 133 cm³/mol. The molecule has 0 bridgehead atoms. The lowest BCUT2D eigenvalue weighted by molar-refractivity contribution is -0.137. The van der Waals surface area contributed by atoms with Gasteiger partial charge in [0.1, 0.15) is 21.8 Å². The average molecular weight is 489 g/mol. The van der Waals surface area contributed by atoms with Crippen LogP contribution in [0, 0.1) is 18.3 Å². The number of amides is 1. The van der Waals surface area contributed by atoms with Gasteiger partial charge in [0.2, 0.25) is 0 Å². The van der Waals surface area contributed by atoms with Crippen LogP contribution in [0.25, 0.3) is 6.08 Å². The molecule has 176 valence electrons. The fourth-order valence-electron chi connectivity index (χ4n) is 4.23. The third-order valence-electron chi connectivity index (χ3n) is 5.87. The number of anilines is 1.